The Morgan fingerprint density at radius 3 is 2.11 bits per heavy atom. The van der Waals surface area contributed by atoms with Crippen molar-refractivity contribution >= 4 is 11.8 Å². The summed E-state index contributed by atoms with van der Waals surface area (Å²) in [4.78, 5) is 1.06. The zero-order chi connectivity index (χ0) is 25.3. The number of thioether (sulfide) groups is 1. The summed E-state index contributed by atoms with van der Waals surface area (Å²) in [5, 5.41) is 0. The first-order chi connectivity index (χ1) is 16.8. The summed E-state index contributed by atoms with van der Waals surface area (Å²) in [5.74, 6) is 3.14. The molecule has 1 unspecified atom stereocenters. The van der Waals surface area contributed by atoms with E-state index in [1.165, 1.54) is 12.1 Å². The SMILES string of the molecule is CCCOc1ccc(SCC(COc2ccc(C(F)(F)F)cc2)Oc2ccc(OC)cc2)cc1C. The summed E-state index contributed by atoms with van der Waals surface area (Å²) in [6, 6.07) is 17.9. The molecular formula is C27H29F3O4S. The molecule has 0 saturated heterocycles. The second-order valence-corrected chi connectivity index (χ2v) is 8.93. The average Bonchev–Trinajstić information content (AvgIpc) is 2.85. The van der Waals surface area contributed by atoms with E-state index < -0.39 is 11.7 Å². The first kappa shape index (κ1) is 26.6. The average molecular weight is 507 g/mol. The lowest BCUT2D eigenvalue weighted by molar-refractivity contribution is -0.137. The van der Waals surface area contributed by atoms with Gasteiger partial charge in [-0.3, -0.25) is 0 Å². The Labute approximate surface area is 208 Å². The zero-order valence-electron chi connectivity index (χ0n) is 19.9. The van der Waals surface area contributed by atoms with Gasteiger partial charge in [-0.1, -0.05) is 6.92 Å². The molecule has 0 spiro atoms. The van der Waals surface area contributed by atoms with Crippen molar-refractivity contribution in [1.29, 1.82) is 0 Å². The van der Waals surface area contributed by atoms with Crippen molar-refractivity contribution in [2.75, 3.05) is 26.1 Å². The highest BCUT2D eigenvalue weighted by Gasteiger charge is 2.30. The van der Waals surface area contributed by atoms with E-state index in [0.29, 0.717) is 29.6 Å². The highest BCUT2D eigenvalue weighted by molar-refractivity contribution is 7.99. The van der Waals surface area contributed by atoms with Crippen LogP contribution >= 0.6 is 11.8 Å². The lowest BCUT2D eigenvalue weighted by atomic mass is 10.2. The molecule has 0 aliphatic rings. The normalized spacial score (nSPS) is 12.2. The highest BCUT2D eigenvalue weighted by atomic mass is 32.2. The molecule has 4 nitrogen and oxygen atoms in total. The van der Waals surface area contributed by atoms with Gasteiger partial charge in [0.2, 0.25) is 0 Å². The van der Waals surface area contributed by atoms with E-state index in [-0.39, 0.29) is 12.7 Å². The molecule has 0 N–H and O–H groups in total. The first-order valence-corrected chi connectivity index (χ1v) is 12.2. The summed E-state index contributed by atoms with van der Waals surface area (Å²) in [6.45, 7) is 4.91. The minimum absolute atomic E-state index is 0.168. The van der Waals surface area contributed by atoms with Crippen LogP contribution in [0.5, 0.6) is 23.0 Å². The van der Waals surface area contributed by atoms with Gasteiger partial charge in [-0.05, 0) is 85.6 Å². The van der Waals surface area contributed by atoms with E-state index in [0.717, 1.165) is 34.8 Å². The molecule has 35 heavy (non-hydrogen) atoms. The predicted molar refractivity (Wildman–Crippen MR) is 132 cm³/mol. The number of methoxy groups -OCH3 is 1. The van der Waals surface area contributed by atoms with Gasteiger partial charge in [0.05, 0.1) is 19.3 Å². The Bertz CT molecular complexity index is 1050. The fourth-order valence-electron chi connectivity index (χ4n) is 3.17. The molecule has 3 aromatic rings. The fourth-order valence-corrected chi connectivity index (χ4v) is 4.13. The topological polar surface area (TPSA) is 36.9 Å². The number of hydrogen-bond acceptors (Lipinski definition) is 5. The maximum atomic E-state index is 12.8. The Morgan fingerprint density at radius 2 is 1.51 bits per heavy atom. The van der Waals surface area contributed by atoms with Crippen LogP contribution in [-0.4, -0.2) is 32.2 Å². The van der Waals surface area contributed by atoms with Crippen LogP contribution in [0.25, 0.3) is 0 Å². The van der Waals surface area contributed by atoms with E-state index in [4.69, 9.17) is 18.9 Å². The second-order valence-electron chi connectivity index (χ2n) is 7.84. The van der Waals surface area contributed by atoms with Gasteiger partial charge in [-0.15, -0.1) is 11.8 Å². The van der Waals surface area contributed by atoms with Crippen molar-refractivity contribution in [3.8, 4) is 23.0 Å². The van der Waals surface area contributed by atoms with Crippen LogP contribution in [0.4, 0.5) is 13.2 Å². The molecular weight excluding hydrogens is 477 g/mol. The summed E-state index contributed by atoms with van der Waals surface area (Å²) < 4.78 is 61.3. The minimum Gasteiger partial charge on any atom is -0.497 e. The third-order valence-corrected chi connectivity index (χ3v) is 6.15. The van der Waals surface area contributed by atoms with E-state index in [9.17, 15) is 13.2 Å². The molecule has 0 bridgehead atoms. The molecule has 0 aromatic heterocycles. The largest absolute Gasteiger partial charge is 0.497 e. The quantitative estimate of drug-likeness (QED) is 0.239. The van der Waals surface area contributed by atoms with Gasteiger partial charge in [0, 0.05) is 10.6 Å². The van der Waals surface area contributed by atoms with Crippen molar-refractivity contribution < 1.29 is 32.1 Å². The van der Waals surface area contributed by atoms with E-state index in [2.05, 4.69) is 13.0 Å². The minimum atomic E-state index is -4.38. The Balaban J connectivity index is 1.66. The van der Waals surface area contributed by atoms with Gasteiger partial charge in [-0.25, -0.2) is 0 Å². The standard InChI is InChI=1S/C27H29F3O4S/c1-4-15-32-26-14-13-25(16-19(26)2)35-18-24(34-23-11-9-21(31-3)10-12-23)17-33-22-7-5-20(6-8-22)27(28,29)30/h5-14,16,24H,4,15,17-18H2,1-3H3. The number of benzene rings is 3. The van der Waals surface area contributed by atoms with Gasteiger partial charge in [0.15, 0.2) is 0 Å². The Morgan fingerprint density at radius 1 is 0.857 bits per heavy atom. The first-order valence-electron chi connectivity index (χ1n) is 11.3. The molecule has 0 aliphatic heterocycles. The lowest BCUT2D eigenvalue weighted by Crippen LogP contribution is -2.27. The van der Waals surface area contributed by atoms with E-state index >= 15 is 0 Å². The Hall–Kier alpha value is -3.00. The molecule has 0 radical (unpaired) electrons. The van der Waals surface area contributed by atoms with Crippen LogP contribution < -0.4 is 18.9 Å². The maximum absolute atomic E-state index is 12.8. The smallest absolute Gasteiger partial charge is 0.416 e. The number of rotatable bonds is 12. The van der Waals surface area contributed by atoms with Gasteiger partial charge in [-0.2, -0.15) is 13.2 Å². The molecule has 3 aromatic carbocycles. The predicted octanol–water partition coefficient (Wildman–Crippen LogP) is 7.43. The molecule has 3 rings (SSSR count). The van der Waals surface area contributed by atoms with Gasteiger partial charge in [0.25, 0.3) is 0 Å². The van der Waals surface area contributed by atoms with Gasteiger partial charge >= 0.3 is 6.18 Å². The fraction of sp³-hybridized carbons (Fsp3) is 0.333. The van der Waals surface area contributed by atoms with Gasteiger partial charge in [0.1, 0.15) is 35.7 Å². The summed E-state index contributed by atoms with van der Waals surface area (Å²) in [5.41, 5.74) is 0.338. The van der Waals surface area contributed by atoms with Crippen molar-refractivity contribution in [2.45, 2.75) is 37.4 Å². The molecule has 8 heteroatoms. The van der Waals surface area contributed by atoms with Gasteiger partial charge < -0.3 is 18.9 Å². The number of halogens is 3. The summed E-state index contributed by atoms with van der Waals surface area (Å²) in [6.07, 6.45) is -3.80. The van der Waals surface area contributed by atoms with Crippen LogP contribution in [0.15, 0.2) is 71.6 Å². The lowest BCUT2D eigenvalue weighted by Gasteiger charge is -2.20. The van der Waals surface area contributed by atoms with Crippen molar-refractivity contribution in [3.05, 3.63) is 77.9 Å². The molecule has 0 fully saturated rings. The third-order valence-electron chi connectivity index (χ3n) is 5.02. The van der Waals surface area contributed by atoms with E-state index in [1.54, 1.807) is 43.1 Å². The van der Waals surface area contributed by atoms with Crippen molar-refractivity contribution in [1.82, 2.24) is 0 Å². The van der Waals surface area contributed by atoms with Crippen LogP contribution in [-0.2, 0) is 6.18 Å². The number of hydrogen-bond donors (Lipinski definition) is 0. The van der Waals surface area contributed by atoms with E-state index in [1.807, 2.05) is 19.1 Å². The van der Waals surface area contributed by atoms with Crippen LogP contribution in [0.1, 0.15) is 24.5 Å². The second kappa shape index (κ2) is 12.6. The third kappa shape index (κ3) is 8.31. The van der Waals surface area contributed by atoms with Crippen LogP contribution in [0.3, 0.4) is 0 Å². The summed E-state index contributed by atoms with van der Waals surface area (Å²) in [7, 11) is 1.59. The highest BCUT2D eigenvalue weighted by Crippen LogP contribution is 2.31. The zero-order valence-corrected chi connectivity index (χ0v) is 20.7. The molecule has 0 saturated carbocycles. The molecule has 1 atom stereocenters. The van der Waals surface area contributed by atoms with Crippen LogP contribution in [0, 0.1) is 6.92 Å². The maximum Gasteiger partial charge on any atom is 0.416 e. The summed E-state index contributed by atoms with van der Waals surface area (Å²) >= 11 is 1.61. The molecule has 0 aliphatic carbocycles. The Kier molecular flexibility index (Phi) is 9.60. The number of ether oxygens (including phenoxy) is 4. The van der Waals surface area contributed by atoms with Crippen molar-refractivity contribution in [3.63, 3.8) is 0 Å². The monoisotopic (exact) mass is 506 g/mol. The van der Waals surface area contributed by atoms with Crippen LogP contribution in [0.2, 0.25) is 0 Å². The number of aryl methyl sites for hydroxylation is 1. The molecule has 188 valence electrons. The van der Waals surface area contributed by atoms with Crippen molar-refractivity contribution in [2.24, 2.45) is 0 Å². The molecule has 0 amide bonds. The number of alkyl halides is 3. The molecule has 0 heterocycles.